The van der Waals surface area contributed by atoms with Crippen molar-refractivity contribution in [2.45, 2.75) is 13.3 Å². The van der Waals surface area contributed by atoms with Gasteiger partial charge >= 0.3 is 4.87 Å². The summed E-state index contributed by atoms with van der Waals surface area (Å²) in [7, 11) is 0. The van der Waals surface area contributed by atoms with Crippen molar-refractivity contribution in [1.82, 2.24) is 4.57 Å². The Labute approximate surface area is 160 Å². The van der Waals surface area contributed by atoms with E-state index >= 15 is 0 Å². The molecule has 0 bridgehead atoms. The van der Waals surface area contributed by atoms with Crippen LogP contribution in [0.1, 0.15) is 17.4 Å². The summed E-state index contributed by atoms with van der Waals surface area (Å²) in [6.07, 6.45) is 0.885. The minimum atomic E-state index is -0.455. The van der Waals surface area contributed by atoms with Gasteiger partial charge in [-0.1, -0.05) is 46.3 Å². The fourth-order valence-electron chi connectivity index (χ4n) is 2.94. The minimum absolute atomic E-state index is 0.236. The Morgan fingerprint density at radius 2 is 1.88 bits per heavy atom. The number of carbonyl (C=O) groups excluding carboxylic acids is 1. The molecule has 1 N–H and O–H groups in total. The number of thiazole rings is 1. The van der Waals surface area contributed by atoms with E-state index in [4.69, 9.17) is 0 Å². The summed E-state index contributed by atoms with van der Waals surface area (Å²) in [6.45, 7) is 2.04. The quantitative estimate of drug-likeness (QED) is 0.695. The van der Waals surface area contributed by atoms with Gasteiger partial charge in [0.1, 0.15) is 4.88 Å². The maximum Gasteiger partial charge on any atom is 0.315 e. The van der Waals surface area contributed by atoms with Crippen LogP contribution >= 0.6 is 27.3 Å². The molecule has 5 nitrogen and oxygen atoms in total. The maximum absolute atomic E-state index is 12.5. The number of aromatic hydroxyl groups is 1. The molecule has 0 saturated heterocycles. The number of rotatable bonds is 3. The molecule has 4 rings (SSSR count). The number of nitrogens with zero attached hydrogens (tertiary/aromatic N) is 2. The summed E-state index contributed by atoms with van der Waals surface area (Å²) in [6, 6.07) is 12.7. The lowest BCUT2D eigenvalue weighted by Crippen LogP contribution is -2.22. The summed E-state index contributed by atoms with van der Waals surface area (Å²) in [4.78, 5) is 28.8. The first-order valence-electron chi connectivity index (χ1n) is 7.97. The van der Waals surface area contributed by atoms with E-state index in [1.165, 1.54) is 4.57 Å². The smallest absolute Gasteiger partial charge is 0.315 e. The van der Waals surface area contributed by atoms with Crippen molar-refractivity contribution in [3.05, 3.63) is 77.6 Å². The van der Waals surface area contributed by atoms with Crippen LogP contribution in [0.15, 0.2) is 56.7 Å². The standard InChI is InChI=1S/C19H13BrN2O3S/c1-2-10-3-6-12(7-4-10)22-18(24)16(26-19(22)25)15-13-9-11(20)5-8-14(13)21-17(15)23/h3-9,24H,2H2,1H3. The second kappa shape index (κ2) is 6.34. The summed E-state index contributed by atoms with van der Waals surface area (Å²) in [5.74, 6) is -0.696. The highest BCUT2D eigenvalue weighted by Crippen LogP contribution is 2.30. The number of carbonyl (C=O) groups is 1. The van der Waals surface area contributed by atoms with Gasteiger partial charge in [0.25, 0.3) is 5.91 Å². The number of benzene rings is 2. The van der Waals surface area contributed by atoms with E-state index < -0.39 is 5.91 Å². The first kappa shape index (κ1) is 16.9. The van der Waals surface area contributed by atoms with Gasteiger partial charge < -0.3 is 5.11 Å². The van der Waals surface area contributed by atoms with E-state index in [1.807, 2.05) is 19.1 Å². The van der Waals surface area contributed by atoms with Crippen molar-refractivity contribution < 1.29 is 9.90 Å². The Kier molecular flexibility index (Phi) is 4.13. The number of aryl methyl sites for hydroxylation is 1. The lowest BCUT2D eigenvalue weighted by atomic mass is 10.1. The Bertz CT molecular complexity index is 1220. The van der Waals surface area contributed by atoms with Crippen LogP contribution in [-0.2, 0) is 11.2 Å². The molecule has 1 aliphatic rings. The van der Waals surface area contributed by atoms with Gasteiger partial charge in [-0.15, -0.1) is 0 Å². The van der Waals surface area contributed by atoms with E-state index in [1.54, 1.807) is 30.3 Å². The van der Waals surface area contributed by atoms with Gasteiger partial charge in [0.05, 0.1) is 16.6 Å². The summed E-state index contributed by atoms with van der Waals surface area (Å²) in [5, 5.41) is 11.9. The van der Waals surface area contributed by atoms with E-state index in [0.717, 1.165) is 27.8 Å². The molecule has 130 valence electrons. The highest BCUT2D eigenvalue weighted by molar-refractivity contribution is 9.10. The largest absolute Gasteiger partial charge is 0.493 e. The lowest BCUT2D eigenvalue weighted by Gasteiger charge is -2.05. The molecule has 0 aliphatic carbocycles. The number of aromatic nitrogens is 1. The van der Waals surface area contributed by atoms with Crippen LogP contribution in [-0.4, -0.2) is 15.6 Å². The molecule has 0 unspecified atom stereocenters. The van der Waals surface area contributed by atoms with Crippen LogP contribution in [0.5, 0.6) is 5.88 Å². The summed E-state index contributed by atoms with van der Waals surface area (Å²) < 4.78 is 2.01. The normalized spacial score (nSPS) is 13.0. The zero-order chi connectivity index (χ0) is 18.4. The van der Waals surface area contributed by atoms with Gasteiger partial charge in [0.2, 0.25) is 5.88 Å². The molecule has 2 aromatic carbocycles. The third kappa shape index (κ3) is 2.64. The molecular weight excluding hydrogens is 416 g/mol. The van der Waals surface area contributed by atoms with Crippen molar-refractivity contribution in [3.63, 3.8) is 0 Å². The predicted octanol–water partition coefficient (Wildman–Crippen LogP) is 2.29. The topological polar surface area (TPSA) is 71.7 Å². The molecule has 0 fully saturated rings. The van der Waals surface area contributed by atoms with Crippen LogP contribution in [0, 0.1) is 0 Å². The summed E-state index contributed by atoms with van der Waals surface area (Å²) in [5.41, 5.74) is 1.95. The predicted molar refractivity (Wildman–Crippen MR) is 103 cm³/mol. The van der Waals surface area contributed by atoms with E-state index in [-0.39, 0.29) is 21.2 Å². The second-order valence-corrected chi connectivity index (χ2v) is 7.71. The average molecular weight is 429 g/mol. The molecule has 3 aromatic rings. The van der Waals surface area contributed by atoms with E-state index in [0.29, 0.717) is 16.3 Å². The third-order valence-electron chi connectivity index (χ3n) is 4.28. The summed E-state index contributed by atoms with van der Waals surface area (Å²) >= 11 is 4.22. The number of hydrogen-bond acceptors (Lipinski definition) is 4. The lowest BCUT2D eigenvalue weighted by molar-refractivity contribution is -0.112. The SMILES string of the molecule is CCc1ccc(-n2c(O)c(C3=c4cc(Br)ccc4=NC3=O)sc2=O)cc1. The number of hydrogen-bond donors (Lipinski definition) is 1. The van der Waals surface area contributed by atoms with Crippen molar-refractivity contribution in [2.24, 2.45) is 4.99 Å². The highest BCUT2D eigenvalue weighted by Gasteiger charge is 2.26. The second-order valence-electron chi connectivity index (χ2n) is 5.83. The van der Waals surface area contributed by atoms with Crippen LogP contribution in [0.4, 0.5) is 0 Å². The van der Waals surface area contributed by atoms with Gasteiger partial charge in [0, 0.05) is 9.69 Å². The van der Waals surface area contributed by atoms with E-state index in [2.05, 4.69) is 20.9 Å². The van der Waals surface area contributed by atoms with Gasteiger partial charge in [0.15, 0.2) is 0 Å². The monoisotopic (exact) mass is 428 g/mol. The molecule has 1 aliphatic heterocycles. The van der Waals surface area contributed by atoms with Crippen molar-refractivity contribution in [3.8, 4) is 11.6 Å². The zero-order valence-corrected chi connectivity index (χ0v) is 16.1. The molecule has 0 atom stereocenters. The molecule has 26 heavy (non-hydrogen) atoms. The van der Waals surface area contributed by atoms with Crippen molar-refractivity contribution in [2.75, 3.05) is 0 Å². The third-order valence-corrected chi connectivity index (χ3v) is 5.72. The molecule has 7 heteroatoms. The Morgan fingerprint density at radius 3 is 2.58 bits per heavy atom. The Morgan fingerprint density at radius 1 is 1.15 bits per heavy atom. The van der Waals surface area contributed by atoms with Crippen molar-refractivity contribution >= 4 is 38.7 Å². The van der Waals surface area contributed by atoms with Gasteiger partial charge in [-0.3, -0.25) is 9.59 Å². The zero-order valence-electron chi connectivity index (χ0n) is 13.7. The number of amides is 1. The maximum atomic E-state index is 12.5. The molecule has 1 amide bonds. The molecular formula is C19H13BrN2O3S. The fourth-order valence-corrected chi connectivity index (χ4v) is 4.24. The number of fused-ring (bicyclic) bond motifs is 1. The first-order valence-corrected chi connectivity index (χ1v) is 9.58. The van der Waals surface area contributed by atoms with E-state index in [9.17, 15) is 14.7 Å². The van der Waals surface area contributed by atoms with Gasteiger partial charge in [-0.05, 0) is 42.3 Å². The first-order chi connectivity index (χ1) is 12.5. The van der Waals surface area contributed by atoms with Gasteiger partial charge in [-0.2, -0.15) is 0 Å². The van der Waals surface area contributed by atoms with Crippen LogP contribution < -0.4 is 15.4 Å². The fraction of sp³-hybridized carbons (Fsp3) is 0.105. The Balaban J connectivity index is 1.95. The van der Waals surface area contributed by atoms with Crippen LogP contribution in [0.3, 0.4) is 0 Å². The van der Waals surface area contributed by atoms with Crippen LogP contribution in [0.2, 0.25) is 0 Å². The minimum Gasteiger partial charge on any atom is -0.493 e. The average Bonchev–Trinajstić information content (AvgIpc) is 3.10. The highest BCUT2D eigenvalue weighted by atomic mass is 79.9. The van der Waals surface area contributed by atoms with Crippen molar-refractivity contribution in [1.29, 1.82) is 0 Å². The molecule has 2 heterocycles. The molecule has 0 saturated carbocycles. The number of halogens is 1. The molecule has 0 spiro atoms. The molecule has 0 radical (unpaired) electrons. The molecule has 1 aromatic heterocycles. The van der Waals surface area contributed by atoms with Crippen LogP contribution in [0.25, 0.3) is 11.3 Å². The Hall–Kier alpha value is -2.51. The van der Waals surface area contributed by atoms with Gasteiger partial charge in [-0.25, -0.2) is 9.56 Å².